The Morgan fingerprint density at radius 1 is 1.09 bits per heavy atom. The highest BCUT2D eigenvalue weighted by Gasteiger charge is 2.37. The molecule has 1 aliphatic rings. The minimum atomic E-state index is -5.00. The summed E-state index contributed by atoms with van der Waals surface area (Å²) in [5.41, 5.74) is -1.82. The van der Waals surface area contributed by atoms with Crippen LogP contribution in [0.3, 0.4) is 0 Å². The van der Waals surface area contributed by atoms with E-state index in [1.807, 2.05) is 6.07 Å². The van der Waals surface area contributed by atoms with Gasteiger partial charge in [-0.25, -0.2) is 5.01 Å². The minimum Gasteiger partial charge on any atom is -0.334 e. The largest absolute Gasteiger partial charge is 0.416 e. The molecule has 33 heavy (non-hydrogen) atoms. The fourth-order valence-electron chi connectivity index (χ4n) is 3.44. The summed E-state index contributed by atoms with van der Waals surface area (Å²) in [6, 6.07) is 6.26. The number of halogens is 7. The molecule has 0 saturated carbocycles. The Morgan fingerprint density at radius 2 is 1.73 bits per heavy atom. The number of hydrazine groups is 1. The molecule has 0 saturated heterocycles. The predicted octanol–water partition coefficient (Wildman–Crippen LogP) is 5.67. The van der Waals surface area contributed by atoms with Gasteiger partial charge in [-0.3, -0.25) is 5.01 Å². The van der Waals surface area contributed by atoms with Crippen LogP contribution in [0.2, 0.25) is 5.02 Å². The van der Waals surface area contributed by atoms with Crippen molar-refractivity contribution < 1.29 is 30.9 Å². The standard InChI is InChI=1S/C20H12ClF6N5O/c1-31-8-14-15(3-2-10(7-28)17(14)21)32(31)9-16-29-18(33-30-16)11-4-12(19(22,23)24)6-13(5-11)20(25,26)27/h2-6H,8-9H2,1H3. The van der Waals surface area contributed by atoms with Gasteiger partial charge in [0, 0.05) is 24.7 Å². The molecule has 0 unspecified atom stereocenters. The van der Waals surface area contributed by atoms with Crippen molar-refractivity contribution in [1.82, 2.24) is 15.1 Å². The maximum absolute atomic E-state index is 13.1. The molecule has 1 aliphatic heterocycles. The quantitative estimate of drug-likeness (QED) is 0.444. The fraction of sp³-hybridized carbons (Fsp3) is 0.250. The number of benzene rings is 2. The Hall–Kier alpha value is -3.30. The molecule has 0 fully saturated rings. The molecule has 0 N–H and O–H groups in total. The maximum Gasteiger partial charge on any atom is 0.416 e. The van der Waals surface area contributed by atoms with Gasteiger partial charge in [0.15, 0.2) is 5.82 Å². The molecule has 0 aliphatic carbocycles. The summed E-state index contributed by atoms with van der Waals surface area (Å²) in [7, 11) is 1.73. The Labute approximate surface area is 187 Å². The van der Waals surface area contributed by atoms with Crippen LogP contribution in [0.1, 0.15) is 28.1 Å². The van der Waals surface area contributed by atoms with Gasteiger partial charge in [0.1, 0.15) is 6.07 Å². The molecule has 3 aromatic rings. The van der Waals surface area contributed by atoms with Gasteiger partial charge in [-0.2, -0.15) is 36.6 Å². The van der Waals surface area contributed by atoms with Gasteiger partial charge in [-0.1, -0.05) is 16.8 Å². The Morgan fingerprint density at radius 3 is 2.30 bits per heavy atom. The maximum atomic E-state index is 13.1. The lowest BCUT2D eigenvalue weighted by Crippen LogP contribution is -2.34. The van der Waals surface area contributed by atoms with Crippen LogP contribution in [0.15, 0.2) is 34.9 Å². The first-order chi connectivity index (χ1) is 15.4. The summed E-state index contributed by atoms with van der Waals surface area (Å²) >= 11 is 6.27. The Balaban J connectivity index is 1.67. The van der Waals surface area contributed by atoms with Crippen LogP contribution in [-0.4, -0.2) is 22.2 Å². The van der Waals surface area contributed by atoms with Crippen molar-refractivity contribution in [2.45, 2.75) is 25.4 Å². The van der Waals surface area contributed by atoms with E-state index in [9.17, 15) is 26.3 Å². The van der Waals surface area contributed by atoms with Gasteiger partial charge < -0.3 is 4.52 Å². The average Bonchev–Trinajstić information content (AvgIpc) is 3.32. The van der Waals surface area contributed by atoms with Gasteiger partial charge >= 0.3 is 12.4 Å². The second-order valence-corrected chi connectivity index (χ2v) is 7.60. The van der Waals surface area contributed by atoms with Crippen LogP contribution in [0.5, 0.6) is 0 Å². The van der Waals surface area contributed by atoms with Gasteiger partial charge in [-0.15, -0.1) is 0 Å². The van der Waals surface area contributed by atoms with E-state index >= 15 is 0 Å². The zero-order valence-electron chi connectivity index (χ0n) is 16.6. The molecule has 6 nitrogen and oxygen atoms in total. The zero-order valence-corrected chi connectivity index (χ0v) is 17.3. The van der Waals surface area contributed by atoms with Crippen molar-refractivity contribution in [2.75, 3.05) is 12.1 Å². The average molecular weight is 488 g/mol. The first-order valence-electron chi connectivity index (χ1n) is 9.21. The van der Waals surface area contributed by atoms with Crippen molar-refractivity contribution >= 4 is 17.3 Å². The third-order valence-corrected chi connectivity index (χ3v) is 5.44. The Bertz CT molecular complexity index is 1230. The number of hydrogen-bond acceptors (Lipinski definition) is 6. The third kappa shape index (κ3) is 4.34. The SMILES string of the molecule is CN1Cc2c(ccc(C#N)c2Cl)N1Cc1noc(-c2cc(C(F)(F)F)cc(C(F)(F)F)c2)n1. The first-order valence-corrected chi connectivity index (χ1v) is 9.59. The van der Waals surface area contributed by atoms with Crippen LogP contribution in [-0.2, 0) is 25.4 Å². The fourth-order valence-corrected chi connectivity index (χ4v) is 3.70. The van der Waals surface area contributed by atoms with E-state index in [0.29, 0.717) is 40.5 Å². The van der Waals surface area contributed by atoms with E-state index in [-0.39, 0.29) is 18.4 Å². The molecule has 2 aromatic carbocycles. The second kappa shape index (κ2) is 7.93. The molecule has 13 heteroatoms. The van der Waals surface area contributed by atoms with Crippen molar-refractivity contribution in [3.63, 3.8) is 0 Å². The van der Waals surface area contributed by atoms with E-state index < -0.39 is 34.9 Å². The van der Waals surface area contributed by atoms with Crippen molar-refractivity contribution in [2.24, 2.45) is 0 Å². The van der Waals surface area contributed by atoms with Crippen LogP contribution in [0.4, 0.5) is 32.0 Å². The monoisotopic (exact) mass is 487 g/mol. The molecular weight excluding hydrogens is 476 g/mol. The minimum absolute atomic E-state index is 0.000316. The molecule has 172 valence electrons. The number of nitriles is 1. The topological polar surface area (TPSA) is 69.2 Å². The predicted molar refractivity (Wildman–Crippen MR) is 104 cm³/mol. The smallest absolute Gasteiger partial charge is 0.334 e. The second-order valence-electron chi connectivity index (χ2n) is 7.22. The van der Waals surface area contributed by atoms with E-state index in [1.54, 1.807) is 23.1 Å². The van der Waals surface area contributed by atoms with Crippen molar-refractivity contribution in [3.8, 4) is 17.5 Å². The van der Waals surface area contributed by atoms with Crippen molar-refractivity contribution in [1.29, 1.82) is 5.26 Å². The number of fused-ring (bicyclic) bond motifs is 1. The summed E-state index contributed by atoms with van der Waals surface area (Å²) in [5, 5.41) is 16.6. The molecule has 0 radical (unpaired) electrons. The van der Waals surface area contributed by atoms with E-state index in [0.717, 1.165) is 0 Å². The summed E-state index contributed by atoms with van der Waals surface area (Å²) in [6.45, 7) is 0.372. The molecule has 0 spiro atoms. The first kappa shape index (κ1) is 22.9. The highest BCUT2D eigenvalue weighted by Crippen LogP contribution is 2.40. The summed E-state index contributed by atoms with van der Waals surface area (Å²) in [4.78, 5) is 3.99. The molecule has 4 rings (SSSR count). The zero-order chi connectivity index (χ0) is 24.1. The third-order valence-electron chi connectivity index (χ3n) is 5.01. The van der Waals surface area contributed by atoms with Crippen molar-refractivity contribution in [3.05, 3.63) is 63.4 Å². The number of alkyl halides is 6. The molecule has 1 aromatic heterocycles. The molecule has 0 atom stereocenters. The number of nitrogens with zero attached hydrogens (tertiary/aromatic N) is 5. The number of anilines is 1. The van der Waals surface area contributed by atoms with E-state index in [4.69, 9.17) is 21.4 Å². The summed E-state index contributed by atoms with van der Waals surface area (Å²) in [6.07, 6.45) is -10.00. The van der Waals surface area contributed by atoms with Gasteiger partial charge in [-0.05, 0) is 30.3 Å². The highest BCUT2D eigenvalue weighted by molar-refractivity contribution is 6.33. The van der Waals surface area contributed by atoms with E-state index in [1.165, 1.54) is 6.07 Å². The number of rotatable bonds is 3. The summed E-state index contributed by atoms with van der Waals surface area (Å²) in [5.74, 6) is -0.460. The lowest BCUT2D eigenvalue weighted by atomic mass is 10.0. The highest BCUT2D eigenvalue weighted by atomic mass is 35.5. The number of aromatic nitrogens is 2. The van der Waals surface area contributed by atoms with E-state index in [2.05, 4.69) is 10.1 Å². The lowest BCUT2D eigenvalue weighted by Gasteiger charge is -2.25. The van der Waals surface area contributed by atoms with Gasteiger partial charge in [0.25, 0.3) is 5.89 Å². The van der Waals surface area contributed by atoms with Crippen LogP contribution < -0.4 is 5.01 Å². The normalized spacial score (nSPS) is 14.5. The summed E-state index contributed by atoms with van der Waals surface area (Å²) < 4.78 is 83.7. The molecular formula is C20H12ClF6N5O. The molecule has 0 amide bonds. The van der Waals surface area contributed by atoms with Crippen LogP contribution in [0.25, 0.3) is 11.5 Å². The van der Waals surface area contributed by atoms with Gasteiger partial charge in [0.05, 0.1) is 33.9 Å². The number of hydrogen-bond donors (Lipinski definition) is 0. The van der Waals surface area contributed by atoms with Crippen LogP contribution >= 0.6 is 11.6 Å². The Kier molecular flexibility index (Phi) is 5.50. The molecule has 0 bridgehead atoms. The molecule has 2 heterocycles. The van der Waals surface area contributed by atoms with Gasteiger partial charge in [0.2, 0.25) is 0 Å². The van der Waals surface area contributed by atoms with Crippen LogP contribution in [0, 0.1) is 11.3 Å². The lowest BCUT2D eigenvalue weighted by molar-refractivity contribution is -0.143.